The molecule has 0 radical (unpaired) electrons. The van der Waals surface area contributed by atoms with E-state index in [1.807, 2.05) is 24.3 Å². The number of aromatic nitrogens is 3. The van der Waals surface area contributed by atoms with Crippen molar-refractivity contribution in [2.45, 2.75) is 6.18 Å². The van der Waals surface area contributed by atoms with E-state index < -0.39 is 11.7 Å². The molecule has 0 bridgehead atoms. The molecule has 0 fully saturated rings. The maximum atomic E-state index is 12.9. The molecule has 0 atom stereocenters. The Kier molecular flexibility index (Phi) is 5.22. The summed E-state index contributed by atoms with van der Waals surface area (Å²) in [6.07, 6.45) is -3.22. The van der Waals surface area contributed by atoms with E-state index in [0.29, 0.717) is 5.69 Å². The third-order valence-electron chi connectivity index (χ3n) is 3.57. The van der Waals surface area contributed by atoms with E-state index in [-0.39, 0.29) is 28.9 Å². The van der Waals surface area contributed by atoms with E-state index in [1.54, 1.807) is 12.1 Å². The second-order valence-corrected chi connectivity index (χ2v) is 5.62. The van der Waals surface area contributed by atoms with Gasteiger partial charge in [0.2, 0.25) is 11.9 Å². The lowest BCUT2D eigenvalue weighted by Gasteiger charge is -2.08. The van der Waals surface area contributed by atoms with Crippen molar-refractivity contribution in [1.82, 2.24) is 15.0 Å². The van der Waals surface area contributed by atoms with Crippen LogP contribution in [0, 0.1) is 11.3 Å². The molecule has 2 aromatic carbocycles. The minimum atomic E-state index is -4.49. The molecule has 6 nitrogen and oxygen atoms in total. The number of halogens is 3. The summed E-state index contributed by atoms with van der Waals surface area (Å²) in [4.78, 5) is 12.0. The van der Waals surface area contributed by atoms with Crippen LogP contribution in [0.15, 0.2) is 54.6 Å². The number of hydrogen-bond acceptors (Lipinski definition) is 6. The molecule has 0 aliphatic rings. The summed E-state index contributed by atoms with van der Waals surface area (Å²) in [6, 6.07) is 15.5. The number of anilines is 3. The smallest absolute Gasteiger partial charge is 0.368 e. The fourth-order valence-corrected chi connectivity index (χ4v) is 2.34. The Morgan fingerprint density at radius 1 is 1.04 bits per heavy atom. The minimum absolute atomic E-state index is 0.0501. The van der Waals surface area contributed by atoms with Crippen molar-refractivity contribution in [2.75, 3.05) is 11.1 Å². The lowest BCUT2D eigenvalue weighted by atomic mass is 10.1. The van der Waals surface area contributed by atoms with Gasteiger partial charge in [0.1, 0.15) is 6.07 Å². The van der Waals surface area contributed by atoms with Crippen LogP contribution in [-0.4, -0.2) is 15.0 Å². The van der Waals surface area contributed by atoms with Crippen LogP contribution < -0.4 is 11.1 Å². The van der Waals surface area contributed by atoms with Crippen molar-refractivity contribution in [3.63, 3.8) is 0 Å². The van der Waals surface area contributed by atoms with E-state index in [4.69, 9.17) is 5.73 Å². The maximum Gasteiger partial charge on any atom is 0.416 e. The molecule has 0 saturated carbocycles. The first-order valence-electron chi connectivity index (χ1n) is 7.98. The van der Waals surface area contributed by atoms with E-state index >= 15 is 0 Å². The molecule has 3 aromatic rings. The van der Waals surface area contributed by atoms with Crippen molar-refractivity contribution in [3.8, 4) is 6.07 Å². The minimum Gasteiger partial charge on any atom is -0.368 e. The molecule has 3 N–H and O–H groups in total. The molecule has 28 heavy (non-hydrogen) atoms. The van der Waals surface area contributed by atoms with E-state index in [2.05, 4.69) is 20.3 Å². The van der Waals surface area contributed by atoms with E-state index in [0.717, 1.165) is 12.1 Å². The third kappa shape index (κ3) is 4.62. The predicted octanol–water partition coefficient (Wildman–Crippen LogP) is 4.28. The van der Waals surface area contributed by atoms with Crippen LogP contribution in [0.25, 0.3) is 11.6 Å². The molecule has 0 aliphatic heterocycles. The molecular formula is C19H13F3N6. The van der Waals surface area contributed by atoms with Crippen LogP contribution in [0.1, 0.15) is 17.0 Å². The van der Waals surface area contributed by atoms with Gasteiger partial charge in [-0.15, -0.1) is 0 Å². The van der Waals surface area contributed by atoms with Crippen LogP contribution in [0.5, 0.6) is 0 Å². The van der Waals surface area contributed by atoms with Crippen LogP contribution in [0.2, 0.25) is 0 Å². The topological polar surface area (TPSA) is 101 Å². The standard InChI is InChI=1S/C19H13F3N6/c20-19(21,22)14-6-4-5-12(10-14)9-13(11-23)16-26-17(24)28-18(27-16)25-15-7-2-1-3-8-15/h1-10H,(H3,24,25,26,27,28)/b13-9+. The number of para-hydroxylation sites is 1. The highest BCUT2D eigenvalue weighted by Gasteiger charge is 2.30. The first-order chi connectivity index (χ1) is 13.3. The molecular weight excluding hydrogens is 369 g/mol. The second kappa shape index (κ2) is 7.75. The summed E-state index contributed by atoms with van der Waals surface area (Å²) in [5.74, 6) is -0.0710. The van der Waals surface area contributed by atoms with Crippen molar-refractivity contribution in [2.24, 2.45) is 0 Å². The van der Waals surface area contributed by atoms with Gasteiger partial charge in [-0.1, -0.05) is 30.3 Å². The lowest BCUT2D eigenvalue weighted by molar-refractivity contribution is -0.137. The Balaban J connectivity index is 1.97. The van der Waals surface area contributed by atoms with E-state index in [1.165, 1.54) is 18.2 Å². The fourth-order valence-electron chi connectivity index (χ4n) is 2.34. The van der Waals surface area contributed by atoms with Crippen LogP contribution >= 0.6 is 0 Å². The molecule has 0 spiro atoms. The first kappa shape index (κ1) is 18.8. The number of benzene rings is 2. The highest BCUT2D eigenvalue weighted by Crippen LogP contribution is 2.30. The molecule has 1 heterocycles. The Labute approximate surface area is 158 Å². The molecule has 0 aliphatic carbocycles. The van der Waals surface area contributed by atoms with Gasteiger partial charge in [-0.3, -0.25) is 0 Å². The average Bonchev–Trinajstić information content (AvgIpc) is 2.66. The van der Waals surface area contributed by atoms with E-state index in [9.17, 15) is 18.4 Å². The normalized spacial score (nSPS) is 11.7. The molecule has 3 rings (SSSR count). The van der Waals surface area contributed by atoms with Crippen LogP contribution in [0.4, 0.5) is 30.8 Å². The van der Waals surface area contributed by atoms with Gasteiger partial charge in [-0.2, -0.15) is 33.4 Å². The number of nitrogen functional groups attached to an aromatic ring is 1. The monoisotopic (exact) mass is 382 g/mol. The second-order valence-electron chi connectivity index (χ2n) is 5.62. The van der Waals surface area contributed by atoms with Gasteiger partial charge in [0, 0.05) is 5.69 Å². The highest BCUT2D eigenvalue weighted by atomic mass is 19.4. The number of allylic oxidation sites excluding steroid dienone is 1. The third-order valence-corrected chi connectivity index (χ3v) is 3.57. The quantitative estimate of drug-likeness (QED) is 0.653. The molecule has 0 saturated heterocycles. The van der Waals surface area contributed by atoms with Gasteiger partial charge >= 0.3 is 6.18 Å². The zero-order valence-electron chi connectivity index (χ0n) is 14.3. The van der Waals surface area contributed by atoms with Gasteiger partial charge < -0.3 is 11.1 Å². The summed E-state index contributed by atoms with van der Waals surface area (Å²) in [5.41, 5.74) is 5.70. The van der Waals surface area contributed by atoms with Gasteiger partial charge in [0.15, 0.2) is 5.82 Å². The number of nitriles is 1. The number of nitrogens with two attached hydrogens (primary N) is 1. The highest BCUT2D eigenvalue weighted by molar-refractivity contribution is 5.87. The SMILES string of the molecule is N#C/C(=C\c1cccc(C(F)(F)F)c1)c1nc(N)nc(Nc2ccccc2)n1. The lowest BCUT2D eigenvalue weighted by Crippen LogP contribution is -2.07. The number of hydrogen-bond donors (Lipinski definition) is 2. The van der Waals surface area contributed by atoms with Crippen molar-refractivity contribution in [3.05, 3.63) is 71.5 Å². The molecule has 140 valence electrons. The van der Waals surface area contributed by atoms with Gasteiger partial charge in [0.25, 0.3) is 0 Å². The number of rotatable bonds is 4. The summed E-state index contributed by atoms with van der Waals surface area (Å²) < 4.78 is 38.6. The summed E-state index contributed by atoms with van der Waals surface area (Å²) in [7, 11) is 0. The van der Waals surface area contributed by atoms with Gasteiger partial charge in [0.05, 0.1) is 11.1 Å². The average molecular weight is 382 g/mol. The van der Waals surface area contributed by atoms with Crippen molar-refractivity contribution >= 4 is 29.2 Å². The Morgan fingerprint density at radius 3 is 2.46 bits per heavy atom. The number of nitrogens with one attached hydrogen (secondary N) is 1. The van der Waals surface area contributed by atoms with Crippen LogP contribution in [-0.2, 0) is 6.18 Å². The molecule has 1 aromatic heterocycles. The van der Waals surface area contributed by atoms with Gasteiger partial charge in [-0.05, 0) is 35.9 Å². The summed E-state index contributed by atoms with van der Waals surface area (Å²) in [5, 5.41) is 12.4. The molecule has 9 heteroatoms. The summed E-state index contributed by atoms with van der Waals surface area (Å²) in [6.45, 7) is 0. The zero-order chi connectivity index (χ0) is 20.1. The molecule has 0 amide bonds. The van der Waals surface area contributed by atoms with Crippen molar-refractivity contribution < 1.29 is 13.2 Å². The number of nitrogens with zero attached hydrogens (tertiary/aromatic N) is 4. The predicted molar refractivity (Wildman–Crippen MR) is 98.9 cm³/mol. The molecule has 0 unspecified atom stereocenters. The fraction of sp³-hybridized carbons (Fsp3) is 0.0526. The Bertz CT molecular complexity index is 1060. The largest absolute Gasteiger partial charge is 0.416 e. The number of alkyl halides is 3. The van der Waals surface area contributed by atoms with Crippen molar-refractivity contribution in [1.29, 1.82) is 5.26 Å². The Hall–Kier alpha value is -3.93. The first-order valence-corrected chi connectivity index (χ1v) is 7.98. The maximum absolute atomic E-state index is 12.9. The summed E-state index contributed by atoms with van der Waals surface area (Å²) >= 11 is 0. The zero-order valence-corrected chi connectivity index (χ0v) is 14.3. The van der Waals surface area contributed by atoms with Crippen LogP contribution in [0.3, 0.4) is 0 Å². The van der Waals surface area contributed by atoms with Gasteiger partial charge in [-0.25, -0.2) is 0 Å². The Morgan fingerprint density at radius 2 is 1.79 bits per heavy atom.